The van der Waals surface area contributed by atoms with Crippen LogP contribution in [0.3, 0.4) is 0 Å². The summed E-state index contributed by atoms with van der Waals surface area (Å²) < 4.78 is 9.46. The molecule has 1 rings (SSSR count). The van der Waals surface area contributed by atoms with Crippen LogP contribution >= 0.6 is 0 Å². The smallest absolute Gasteiger partial charge is 0.376 e. The fourth-order valence-corrected chi connectivity index (χ4v) is 1.89. The molecule has 0 radical (unpaired) electrons. The predicted molar refractivity (Wildman–Crippen MR) is 69.5 cm³/mol. The zero-order valence-electron chi connectivity index (χ0n) is 11.4. The molecule has 4 nitrogen and oxygen atoms in total. The van der Waals surface area contributed by atoms with Crippen molar-refractivity contribution < 1.29 is 14.1 Å². The zero-order valence-corrected chi connectivity index (χ0v) is 11.4. The van der Waals surface area contributed by atoms with E-state index in [4.69, 9.17) is 4.52 Å². The summed E-state index contributed by atoms with van der Waals surface area (Å²) in [4.78, 5) is 11.1. The highest BCUT2D eigenvalue weighted by atomic mass is 16.5. The number of carbonyl (C=O) groups is 1. The van der Waals surface area contributed by atoms with E-state index in [1.165, 1.54) is 45.6 Å². The number of methoxy groups -OCH3 is 1. The van der Waals surface area contributed by atoms with E-state index in [2.05, 4.69) is 16.8 Å². The van der Waals surface area contributed by atoms with Crippen LogP contribution in [0.15, 0.2) is 10.6 Å². The van der Waals surface area contributed by atoms with Crippen molar-refractivity contribution in [3.8, 4) is 0 Å². The minimum Gasteiger partial charge on any atom is -0.463 e. The lowest BCUT2D eigenvalue weighted by Crippen LogP contribution is -1.98. The van der Waals surface area contributed by atoms with Gasteiger partial charge < -0.3 is 9.26 Å². The second-order valence-electron chi connectivity index (χ2n) is 4.55. The van der Waals surface area contributed by atoms with Crippen molar-refractivity contribution in [3.05, 3.63) is 17.5 Å². The molecule has 0 N–H and O–H groups in total. The van der Waals surface area contributed by atoms with Gasteiger partial charge in [-0.25, -0.2) is 4.79 Å². The highest BCUT2D eigenvalue weighted by Crippen LogP contribution is 2.11. The van der Waals surface area contributed by atoms with Crippen LogP contribution in [0.5, 0.6) is 0 Å². The van der Waals surface area contributed by atoms with E-state index in [-0.39, 0.29) is 5.76 Å². The van der Waals surface area contributed by atoms with Crippen LogP contribution in [-0.2, 0) is 11.2 Å². The van der Waals surface area contributed by atoms with Gasteiger partial charge in [-0.2, -0.15) is 0 Å². The van der Waals surface area contributed by atoms with E-state index in [9.17, 15) is 4.79 Å². The Morgan fingerprint density at radius 3 is 2.56 bits per heavy atom. The second-order valence-corrected chi connectivity index (χ2v) is 4.55. The maximum atomic E-state index is 11.1. The Balaban J connectivity index is 2.12. The van der Waals surface area contributed by atoms with Gasteiger partial charge in [-0.05, 0) is 12.8 Å². The first kappa shape index (κ1) is 14.7. The Kier molecular flexibility index (Phi) is 7.14. The van der Waals surface area contributed by atoms with Crippen molar-refractivity contribution >= 4 is 5.97 Å². The SMILES string of the molecule is CCCCCCCCCc1cc(C(=O)OC)on1. The fraction of sp³-hybridized carbons (Fsp3) is 0.714. The van der Waals surface area contributed by atoms with E-state index in [0.29, 0.717) is 0 Å². The van der Waals surface area contributed by atoms with E-state index < -0.39 is 5.97 Å². The lowest BCUT2D eigenvalue weighted by atomic mass is 10.1. The van der Waals surface area contributed by atoms with Gasteiger partial charge in [0.1, 0.15) is 0 Å². The van der Waals surface area contributed by atoms with Gasteiger partial charge >= 0.3 is 5.97 Å². The number of carbonyl (C=O) groups excluding carboxylic acids is 1. The Bertz CT molecular complexity index is 347. The van der Waals surface area contributed by atoms with Crippen LogP contribution in [0.4, 0.5) is 0 Å². The summed E-state index contributed by atoms with van der Waals surface area (Å²) >= 11 is 0. The molecule has 0 aliphatic heterocycles. The van der Waals surface area contributed by atoms with Gasteiger partial charge in [0.15, 0.2) is 0 Å². The topological polar surface area (TPSA) is 52.3 Å². The van der Waals surface area contributed by atoms with Crippen molar-refractivity contribution in [2.75, 3.05) is 7.11 Å². The lowest BCUT2D eigenvalue weighted by Gasteiger charge is -1.99. The third-order valence-electron chi connectivity index (χ3n) is 2.98. The van der Waals surface area contributed by atoms with Gasteiger partial charge in [-0.15, -0.1) is 0 Å². The molecular weight excluding hydrogens is 230 g/mol. The number of hydrogen-bond donors (Lipinski definition) is 0. The highest BCUT2D eigenvalue weighted by Gasteiger charge is 2.12. The molecule has 0 atom stereocenters. The van der Waals surface area contributed by atoms with Crippen LogP contribution < -0.4 is 0 Å². The molecule has 0 fully saturated rings. The highest BCUT2D eigenvalue weighted by molar-refractivity contribution is 5.86. The van der Waals surface area contributed by atoms with Crippen molar-refractivity contribution in [2.24, 2.45) is 0 Å². The molecule has 0 bridgehead atoms. The minimum absolute atomic E-state index is 0.190. The van der Waals surface area contributed by atoms with Gasteiger partial charge in [0.2, 0.25) is 5.76 Å². The summed E-state index contributed by atoms with van der Waals surface area (Å²) in [6.07, 6.45) is 9.74. The Labute approximate surface area is 109 Å². The van der Waals surface area contributed by atoms with Crippen LogP contribution in [0.25, 0.3) is 0 Å². The maximum Gasteiger partial charge on any atom is 0.376 e. The van der Waals surface area contributed by atoms with Crippen molar-refractivity contribution in [3.63, 3.8) is 0 Å². The van der Waals surface area contributed by atoms with Gasteiger partial charge in [0, 0.05) is 6.07 Å². The molecule has 0 saturated heterocycles. The largest absolute Gasteiger partial charge is 0.463 e. The first-order chi connectivity index (χ1) is 8.77. The number of aryl methyl sites for hydroxylation is 1. The third-order valence-corrected chi connectivity index (χ3v) is 2.98. The molecule has 0 unspecified atom stereocenters. The van der Waals surface area contributed by atoms with Crippen molar-refractivity contribution in [1.82, 2.24) is 5.16 Å². The number of nitrogens with zero attached hydrogens (tertiary/aromatic N) is 1. The normalized spacial score (nSPS) is 10.6. The predicted octanol–water partition coefficient (Wildman–Crippen LogP) is 3.75. The van der Waals surface area contributed by atoms with E-state index >= 15 is 0 Å². The average molecular weight is 253 g/mol. The molecule has 1 aromatic heterocycles. The standard InChI is InChI=1S/C14H23NO3/c1-3-4-5-6-7-8-9-10-12-11-13(18-15-12)14(16)17-2/h11H,3-10H2,1-2H3. The Hall–Kier alpha value is -1.32. The quantitative estimate of drug-likeness (QED) is 0.496. The summed E-state index contributed by atoms with van der Waals surface area (Å²) in [5, 5.41) is 3.86. The van der Waals surface area contributed by atoms with Crippen molar-refractivity contribution in [2.45, 2.75) is 58.3 Å². The summed E-state index contributed by atoms with van der Waals surface area (Å²) in [7, 11) is 1.33. The molecule has 0 saturated carbocycles. The molecular formula is C14H23NO3. The second kappa shape index (κ2) is 8.72. The maximum absolute atomic E-state index is 11.1. The van der Waals surface area contributed by atoms with Crippen LogP contribution in [0.2, 0.25) is 0 Å². The lowest BCUT2D eigenvalue weighted by molar-refractivity contribution is 0.0554. The van der Waals surface area contributed by atoms with Gasteiger partial charge in [-0.3, -0.25) is 0 Å². The molecule has 0 amide bonds. The van der Waals surface area contributed by atoms with E-state index in [0.717, 1.165) is 18.5 Å². The molecule has 1 heterocycles. The van der Waals surface area contributed by atoms with Gasteiger partial charge in [-0.1, -0.05) is 50.6 Å². The van der Waals surface area contributed by atoms with Crippen LogP contribution in [0.1, 0.15) is 68.1 Å². The minimum atomic E-state index is -0.465. The van der Waals surface area contributed by atoms with Crippen molar-refractivity contribution in [1.29, 1.82) is 0 Å². The van der Waals surface area contributed by atoms with Gasteiger partial charge in [0.05, 0.1) is 12.8 Å². The van der Waals surface area contributed by atoms with E-state index in [1.54, 1.807) is 6.07 Å². The zero-order chi connectivity index (χ0) is 13.2. The third kappa shape index (κ3) is 5.34. The fourth-order valence-electron chi connectivity index (χ4n) is 1.89. The van der Waals surface area contributed by atoms with Crippen LogP contribution in [0, 0.1) is 0 Å². The van der Waals surface area contributed by atoms with E-state index in [1.807, 2.05) is 0 Å². The number of esters is 1. The van der Waals surface area contributed by atoms with Crippen LogP contribution in [-0.4, -0.2) is 18.2 Å². The molecule has 102 valence electrons. The first-order valence-corrected chi connectivity index (χ1v) is 6.81. The number of rotatable bonds is 9. The number of aromatic nitrogens is 1. The summed E-state index contributed by atoms with van der Waals surface area (Å²) in [5.41, 5.74) is 0.837. The molecule has 4 heteroatoms. The summed E-state index contributed by atoms with van der Waals surface area (Å²) in [6, 6.07) is 1.67. The average Bonchev–Trinajstić information content (AvgIpc) is 2.85. The monoisotopic (exact) mass is 253 g/mol. The first-order valence-electron chi connectivity index (χ1n) is 6.81. The summed E-state index contributed by atoms with van der Waals surface area (Å²) in [6.45, 7) is 2.23. The van der Waals surface area contributed by atoms with Gasteiger partial charge in [0.25, 0.3) is 0 Å². The molecule has 1 aromatic rings. The Morgan fingerprint density at radius 1 is 1.22 bits per heavy atom. The number of ether oxygens (including phenoxy) is 1. The molecule has 0 aromatic carbocycles. The Morgan fingerprint density at radius 2 is 1.89 bits per heavy atom. The molecule has 0 aliphatic rings. The number of unbranched alkanes of at least 4 members (excludes halogenated alkanes) is 6. The molecule has 18 heavy (non-hydrogen) atoms. The summed E-state index contributed by atoms with van der Waals surface area (Å²) in [5.74, 6) is -0.274. The number of hydrogen-bond acceptors (Lipinski definition) is 4. The molecule has 0 aliphatic carbocycles. The molecule has 0 spiro atoms.